The number of hydrogen-bond acceptors (Lipinski definition) is 3. The predicted molar refractivity (Wildman–Crippen MR) is 67.4 cm³/mol. The van der Waals surface area contributed by atoms with Crippen LogP contribution >= 0.6 is 0 Å². The van der Waals surface area contributed by atoms with E-state index in [1.54, 1.807) is 4.68 Å². The van der Waals surface area contributed by atoms with Gasteiger partial charge in [0.15, 0.2) is 0 Å². The summed E-state index contributed by atoms with van der Waals surface area (Å²) in [5, 5.41) is 5.16. The molecule has 0 saturated heterocycles. The largest absolute Gasteiger partial charge is 0.340 e. The fourth-order valence-corrected chi connectivity index (χ4v) is 2.03. The van der Waals surface area contributed by atoms with Gasteiger partial charge in [0.05, 0.1) is 6.54 Å². The van der Waals surface area contributed by atoms with Gasteiger partial charge in [-0.1, -0.05) is 12.1 Å². The lowest BCUT2D eigenvalue weighted by molar-refractivity contribution is 0.112. The molecule has 0 fully saturated rings. The number of fused-ring (bicyclic) bond motifs is 1. The van der Waals surface area contributed by atoms with Crippen molar-refractivity contribution in [2.75, 3.05) is 0 Å². The first-order valence-electron chi connectivity index (χ1n) is 5.65. The third-order valence-corrected chi connectivity index (χ3v) is 3.05. The number of rotatable bonds is 3. The summed E-state index contributed by atoms with van der Waals surface area (Å²) < 4.78 is 3.81. The van der Waals surface area contributed by atoms with Crippen LogP contribution in [0, 0.1) is 0 Å². The standard InChI is InChI=1S/C13H12N4O/c1-16-13(14-9-15-16)7-17-5-4-11-3-2-10(8-18)6-12(11)17/h2-6,8-9H,7H2,1H3. The van der Waals surface area contributed by atoms with E-state index in [1.165, 1.54) is 6.33 Å². The summed E-state index contributed by atoms with van der Waals surface area (Å²) in [7, 11) is 1.87. The zero-order valence-electron chi connectivity index (χ0n) is 9.95. The third kappa shape index (κ3) is 1.69. The Balaban J connectivity index is 2.06. The summed E-state index contributed by atoms with van der Waals surface area (Å²) in [5.41, 5.74) is 1.71. The highest BCUT2D eigenvalue weighted by atomic mass is 16.1. The van der Waals surface area contributed by atoms with Gasteiger partial charge in [0.1, 0.15) is 18.4 Å². The molecule has 0 N–H and O–H groups in total. The van der Waals surface area contributed by atoms with E-state index in [1.807, 2.05) is 37.5 Å². The highest BCUT2D eigenvalue weighted by Crippen LogP contribution is 2.17. The van der Waals surface area contributed by atoms with E-state index in [9.17, 15) is 4.79 Å². The van der Waals surface area contributed by atoms with Crippen LogP contribution in [0.3, 0.4) is 0 Å². The van der Waals surface area contributed by atoms with Crippen LogP contribution in [0.15, 0.2) is 36.8 Å². The molecule has 0 radical (unpaired) electrons. The number of aryl methyl sites for hydroxylation is 1. The summed E-state index contributed by atoms with van der Waals surface area (Å²) in [4.78, 5) is 15.0. The molecule has 0 aliphatic carbocycles. The predicted octanol–water partition coefficient (Wildman–Crippen LogP) is 1.63. The number of hydrogen-bond donors (Lipinski definition) is 0. The Hall–Kier alpha value is -2.43. The number of benzene rings is 1. The molecule has 0 spiro atoms. The second kappa shape index (κ2) is 4.10. The van der Waals surface area contributed by atoms with Crippen LogP contribution in [0.4, 0.5) is 0 Å². The highest BCUT2D eigenvalue weighted by molar-refractivity contribution is 5.87. The molecule has 0 aliphatic rings. The van der Waals surface area contributed by atoms with Gasteiger partial charge < -0.3 is 4.57 Å². The SMILES string of the molecule is Cn1ncnc1Cn1ccc2ccc(C=O)cc21. The fourth-order valence-electron chi connectivity index (χ4n) is 2.03. The van der Waals surface area contributed by atoms with Crippen LogP contribution < -0.4 is 0 Å². The van der Waals surface area contributed by atoms with E-state index in [0.717, 1.165) is 23.0 Å². The maximum Gasteiger partial charge on any atom is 0.150 e. The summed E-state index contributed by atoms with van der Waals surface area (Å²) in [6.07, 6.45) is 4.39. The Labute approximate surface area is 104 Å². The maximum absolute atomic E-state index is 10.8. The van der Waals surface area contributed by atoms with Crippen LogP contribution in [0.5, 0.6) is 0 Å². The first-order valence-corrected chi connectivity index (χ1v) is 5.65. The average molecular weight is 240 g/mol. The number of aromatic nitrogens is 4. The molecule has 1 aromatic carbocycles. The lowest BCUT2D eigenvalue weighted by Crippen LogP contribution is -2.05. The van der Waals surface area contributed by atoms with Gasteiger partial charge in [0.25, 0.3) is 0 Å². The Morgan fingerprint density at radius 2 is 2.22 bits per heavy atom. The minimum absolute atomic E-state index is 0.641. The van der Waals surface area contributed by atoms with Gasteiger partial charge in [-0.3, -0.25) is 9.48 Å². The van der Waals surface area contributed by atoms with Crippen molar-refractivity contribution in [1.29, 1.82) is 0 Å². The Bertz CT molecular complexity index is 711. The van der Waals surface area contributed by atoms with Crippen molar-refractivity contribution < 1.29 is 4.79 Å². The lowest BCUT2D eigenvalue weighted by atomic mass is 10.2. The number of carbonyl (C=O) groups is 1. The summed E-state index contributed by atoms with van der Waals surface area (Å²) in [6, 6.07) is 7.69. The van der Waals surface area contributed by atoms with Crippen molar-refractivity contribution in [2.24, 2.45) is 7.05 Å². The van der Waals surface area contributed by atoms with Crippen LogP contribution in [0.25, 0.3) is 10.9 Å². The van der Waals surface area contributed by atoms with Gasteiger partial charge in [-0.25, -0.2) is 4.98 Å². The molecule has 5 heteroatoms. The van der Waals surface area contributed by atoms with Gasteiger partial charge in [0.2, 0.25) is 0 Å². The fraction of sp³-hybridized carbons (Fsp3) is 0.154. The first kappa shape index (κ1) is 10.7. The van der Waals surface area contributed by atoms with Gasteiger partial charge in [0, 0.05) is 24.3 Å². The van der Waals surface area contributed by atoms with Gasteiger partial charge >= 0.3 is 0 Å². The smallest absolute Gasteiger partial charge is 0.150 e. The maximum atomic E-state index is 10.8. The quantitative estimate of drug-likeness (QED) is 0.654. The van der Waals surface area contributed by atoms with Gasteiger partial charge in [-0.05, 0) is 17.5 Å². The molecule has 18 heavy (non-hydrogen) atoms. The zero-order chi connectivity index (χ0) is 12.5. The second-order valence-electron chi connectivity index (χ2n) is 4.18. The van der Waals surface area contributed by atoms with E-state index >= 15 is 0 Å². The molecule has 0 atom stereocenters. The van der Waals surface area contributed by atoms with Crippen LogP contribution in [-0.2, 0) is 13.6 Å². The number of nitrogens with zero attached hydrogens (tertiary/aromatic N) is 4. The summed E-state index contributed by atoms with van der Waals surface area (Å²) in [6.45, 7) is 0.641. The van der Waals surface area contributed by atoms with Crippen LogP contribution in [-0.4, -0.2) is 25.6 Å². The monoisotopic (exact) mass is 240 g/mol. The average Bonchev–Trinajstić information content (AvgIpc) is 2.97. The molecule has 2 aromatic heterocycles. The van der Waals surface area contributed by atoms with Crippen LogP contribution in [0.1, 0.15) is 16.2 Å². The van der Waals surface area contributed by atoms with Crippen molar-refractivity contribution in [3.8, 4) is 0 Å². The zero-order valence-corrected chi connectivity index (χ0v) is 9.95. The van der Waals surface area contributed by atoms with E-state index in [2.05, 4.69) is 14.6 Å². The molecule has 2 heterocycles. The van der Waals surface area contributed by atoms with Gasteiger partial charge in [-0.2, -0.15) is 5.10 Å². The minimum Gasteiger partial charge on any atom is -0.340 e. The van der Waals surface area contributed by atoms with Crippen molar-refractivity contribution >= 4 is 17.2 Å². The Morgan fingerprint density at radius 3 is 2.94 bits per heavy atom. The molecule has 0 bridgehead atoms. The molecule has 3 rings (SSSR count). The van der Waals surface area contributed by atoms with Crippen molar-refractivity contribution in [1.82, 2.24) is 19.3 Å². The molecular weight excluding hydrogens is 228 g/mol. The van der Waals surface area contributed by atoms with Crippen molar-refractivity contribution in [2.45, 2.75) is 6.54 Å². The van der Waals surface area contributed by atoms with Crippen molar-refractivity contribution in [3.05, 3.63) is 48.2 Å². The molecule has 0 unspecified atom stereocenters. The van der Waals surface area contributed by atoms with E-state index in [-0.39, 0.29) is 0 Å². The highest BCUT2D eigenvalue weighted by Gasteiger charge is 2.06. The third-order valence-electron chi connectivity index (χ3n) is 3.05. The molecule has 0 aliphatic heterocycles. The van der Waals surface area contributed by atoms with Crippen molar-refractivity contribution in [3.63, 3.8) is 0 Å². The topological polar surface area (TPSA) is 52.7 Å². The minimum atomic E-state index is 0.641. The van der Waals surface area contributed by atoms with E-state index in [0.29, 0.717) is 12.1 Å². The Kier molecular flexibility index (Phi) is 2.44. The van der Waals surface area contributed by atoms with Crippen LogP contribution in [0.2, 0.25) is 0 Å². The first-order chi connectivity index (χ1) is 8.78. The van der Waals surface area contributed by atoms with Gasteiger partial charge in [-0.15, -0.1) is 0 Å². The lowest BCUT2D eigenvalue weighted by Gasteiger charge is -2.05. The normalized spacial score (nSPS) is 10.9. The molecule has 3 aromatic rings. The number of aldehydes is 1. The molecule has 5 nitrogen and oxygen atoms in total. The number of carbonyl (C=O) groups excluding carboxylic acids is 1. The Morgan fingerprint density at radius 1 is 1.33 bits per heavy atom. The molecule has 0 amide bonds. The molecule has 90 valence electrons. The summed E-state index contributed by atoms with van der Waals surface area (Å²) in [5.74, 6) is 0.879. The molecule has 0 saturated carbocycles. The molecular formula is C13H12N4O. The summed E-state index contributed by atoms with van der Waals surface area (Å²) >= 11 is 0. The van der Waals surface area contributed by atoms with E-state index in [4.69, 9.17) is 0 Å². The van der Waals surface area contributed by atoms with E-state index < -0.39 is 0 Å². The second-order valence-corrected chi connectivity index (χ2v) is 4.18.